The van der Waals surface area contributed by atoms with Crippen LogP contribution < -0.4 is 0 Å². The van der Waals surface area contributed by atoms with Crippen LogP contribution in [0.4, 0.5) is 0 Å². The van der Waals surface area contributed by atoms with E-state index in [-0.39, 0.29) is 46.9 Å². The monoisotopic (exact) mass is 555 g/mol. The molecule has 0 fully saturated rings. The first-order chi connectivity index (χ1) is 14.9. The van der Waals surface area contributed by atoms with Crippen LogP contribution in [0.1, 0.15) is 0 Å². The molecule has 31 heavy (non-hydrogen) atoms. The van der Waals surface area contributed by atoms with E-state index >= 15 is 0 Å². The van der Waals surface area contributed by atoms with E-state index in [0.717, 1.165) is 0 Å². The Morgan fingerprint density at radius 3 is 0.871 bits per heavy atom. The molecule has 6 rings (SSSR count). The molecule has 0 saturated heterocycles. The van der Waals surface area contributed by atoms with Crippen molar-refractivity contribution < 1.29 is 46.9 Å². The zero-order valence-electron chi connectivity index (χ0n) is 16.9. The Bertz CT molecular complexity index is 989. The van der Waals surface area contributed by atoms with Crippen LogP contribution in [0.3, 0.4) is 0 Å². The van der Waals surface area contributed by atoms with E-state index in [1.54, 1.807) is 0 Å². The zero-order chi connectivity index (χ0) is 20.4. The number of hydrogen-bond donors (Lipinski definition) is 0. The largest absolute Gasteiger partial charge is 3.00 e. The summed E-state index contributed by atoms with van der Waals surface area (Å²) in [6.45, 7) is 0. The number of benzene rings is 6. The second-order valence-electron chi connectivity index (χ2n) is 6.77. The van der Waals surface area contributed by atoms with E-state index in [1.165, 1.54) is 32.3 Å². The third kappa shape index (κ3) is 6.80. The molecule has 0 bridgehead atoms. The van der Waals surface area contributed by atoms with Crippen molar-refractivity contribution in [3.8, 4) is 0 Å². The fraction of sp³-hybridized carbons (Fsp3) is 0. The van der Waals surface area contributed by atoms with Gasteiger partial charge in [-0.25, -0.2) is 0 Å². The van der Waals surface area contributed by atoms with Crippen LogP contribution in [0.2, 0.25) is 0 Å². The SMILES string of the molecule is [Yb+3].[c-]1cccc2ccccc12.[c-]1cccc2ccccc12.[c-]1cccc2ccccc12. The quantitative estimate of drug-likeness (QED) is 0.167. The van der Waals surface area contributed by atoms with Gasteiger partial charge in [0.25, 0.3) is 0 Å². The van der Waals surface area contributed by atoms with Gasteiger partial charge in [0, 0.05) is 0 Å². The Hall–Kier alpha value is -2.38. The maximum Gasteiger partial charge on any atom is 3.00 e. The number of fused-ring (bicyclic) bond motifs is 3. The van der Waals surface area contributed by atoms with Crippen LogP contribution in [0.15, 0.2) is 127 Å². The maximum absolute atomic E-state index is 3.15. The molecule has 6 aromatic carbocycles. The predicted molar refractivity (Wildman–Crippen MR) is 128 cm³/mol. The molecular formula is C30H21Yb. The summed E-state index contributed by atoms with van der Waals surface area (Å²) in [6.07, 6.45) is 0. The van der Waals surface area contributed by atoms with Crippen molar-refractivity contribution in [1.82, 2.24) is 0 Å². The summed E-state index contributed by atoms with van der Waals surface area (Å²) in [7, 11) is 0. The van der Waals surface area contributed by atoms with Crippen LogP contribution in [0.25, 0.3) is 32.3 Å². The Morgan fingerprint density at radius 2 is 0.581 bits per heavy atom. The van der Waals surface area contributed by atoms with E-state index < -0.39 is 0 Å². The van der Waals surface area contributed by atoms with E-state index in [2.05, 4.69) is 72.8 Å². The van der Waals surface area contributed by atoms with Gasteiger partial charge in [-0.15, -0.1) is 142 Å². The third-order valence-electron chi connectivity index (χ3n) is 4.71. The van der Waals surface area contributed by atoms with Gasteiger partial charge in [0.15, 0.2) is 0 Å². The second-order valence-corrected chi connectivity index (χ2v) is 6.77. The fourth-order valence-corrected chi connectivity index (χ4v) is 3.19. The third-order valence-corrected chi connectivity index (χ3v) is 4.71. The summed E-state index contributed by atoms with van der Waals surface area (Å²) in [4.78, 5) is 0. The summed E-state index contributed by atoms with van der Waals surface area (Å²) in [6, 6.07) is 52.2. The summed E-state index contributed by atoms with van der Waals surface area (Å²) in [5.74, 6) is 0. The van der Waals surface area contributed by atoms with Crippen LogP contribution in [0, 0.1) is 65.1 Å². The molecular weight excluding hydrogens is 533 g/mol. The van der Waals surface area contributed by atoms with Crippen molar-refractivity contribution in [2.24, 2.45) is 0 Å². The smallest absolute Gasteiger partial charge is 0.147 e. The number of rotatable bonds is 0. The Morgan fingerprint density at radius 1 is 0.323 bits per heavy atom. The molecule has 0 saturated carbocycles. The van der Waals surface area contributed by atoms with Crippen LogP contribution in [-0.4, -0.2) is 0 Å². The van der Waals surface area contributed by atoms with E-state index in [0.29, 0.717) is 0 Å². The Kier molecular flexibility index (Phi) is 9.37. The molecule has 155 valence electrons. The Balaban J connectivity index is 0.000000130. The van der Waals surface area contributed by atoms with Gasteiger partial charge >= 0.3 is 46.9 Å². The van der Waals surface area contributed by atoms with Gasteiger partial charge in [-0.3, -0.25) is 0 Å². The minimum absolute atomic E-state index is 0. The molecule has 0 aliphatic heterocycles. The van der Waals surface area contributed by atoms with Crippen LogP contribution in [0.5, 0.6) is 0 Å². The topological polar surface area (TPSA) is 0 Å². The Labute approximate surface area is 222 Å². The average molecular weight is 555 g/mol. The molecule has 0 N–H and O–H groups in total. The van der Waals surface area contributed by atoms with E-state index in [1.807, 2.05) is 72.8 Å². The van der Waals surface area contributed by atoms with Gasteiger partial charge in [0.2, 0.25) is 0 Å². The van der Waals surface area contributed by atoms with E-state index in [9.17, 15) is 0 Å². The van der Waals surface area contributed by atoms with Gasteiger partial charge in [0.1, 0.15) is 0 Å². The summed E-state index contributed by atoms with van der Waals surface area (Å²) >= 11 is 0. The van der Waals surface area contributed by atoms with Crippen molar-refractivity contribution in [1.29, 1.82) is 0 Å². The van der Waals surface area contributed by atoms with Gasteiger partial charge in [0.05, 0.1) is 0 Å². The molecule has 0 atom stereocenters. The average Bonchev–Trinajstić information content (AvgIpc) is 2.85. The van der Waals surface area contributed by atoms with E-state index in [4.69, 9.17) is 0 Å². The minimum atomic E-state index is 0. The normalized spacial score (nSPS) is 9.68. The van der Waals surface area contributed by atoms with Crippen molar-refractivity contribution in [3.63, 3.8) is 0 Å². The molecule has 0 aliphatic carbocycles. The van der Waals surface area contributed by atoms with Crippen molar-refractivity contribution in [2.45, 2.75) is 0 Å². The molecule has 0 heterocycles. The van der Waals surface area contributed by atoms with Crippen LogP contribution >= 0.6 is 0 Å². The molecule has 6 aromatic rings. The second kappa shape index (κ2) is 12.5. The fourth-order valence-electron chi connectivity index (χ4n) is 3.19. The summed E-state index contributed by atoms with van der Waals surface area (Å²) < 4.78 is 0. The molecule has 0 aromatic heterocycles. The van der Waals surface area contributed by atoms with Crippen LogP contribution in [-0.2, 0) is 0 Å². The first kappa shape index (κ1) is 23.3. The minimum Gasteiger partial charge on any atom is -0.147 e. The number of hydrogen-bond acceptors (Lipinski definition) is 0. The standard InChI is InChI=1S/3C10H7.Yb/c3*1-2-6-10-8-4-3-7-9(10)5-1;/h3*1-7H;/q3*-1;+3. The molecule has 0 amide bonds. The molecule has 1 radical (unpaired) electrons. The zero-order valence-corrected chi connectivity index (χ0v) is 18.6. The molecule has 0 nitrogen and oxygen atoms in total. The van der Waals surface area contributed by atoms with Gasteiger partial charge in [-0.1, -0.05) is 36.4 Å². The molecule has 0 unspecified atom stereocenters. The molecule has 1 heteroatoms. The molecule has 0 aliphatic rings. The van der Waals surface area contributed by atoms with Crippen molar-refractivity contribution >= 4 is 32.3 Å². The van der Waals surface area contributed by atoms with Crippen molar-refractivity contribution in [3.05, 3.63) is 146 Å². The summed E-state index contributed by atoms with van der Waals surface area (Å²) in [5, 5.41) is 7.32. The first-order valence-electron chi connectivity index (χ1n) is 9.96. The predicted octanol–water partition coefficient (Wildman–Crippen LogP) is 7.92. The van der Waals surface area contributed by atoms with Gasteiger partial charge < -0.3 is 0 Å². The molecule has 0 spiro atoms. The van der Waals surface area contributed by atoms with Gasteiger partial charge in [-0.2, -0.15) is 0 Å². The summed E-state index contributed by atoms with van der Waals surface area (Å²) in [5.41, 5.74) is 0. The van der Waals surface area contributed by atoms with Crippen molar-refractivity contribution in [2.75, 3.05) is 0 Å². The first-order valence-corrected chi connectivity index (χ1v) is 9.96. The maximum atomic E-state index is 3.15. The van der Waals surface area contributed by atoms with Gasteiger partial charge in [-0.05, 0) is 0 Å².